The maximum atomic E-state index is 12.6. The summed E-state index contributed by atoms with van der Waals surface area (Å²) in [4.78, 5) is 17.2. The maximum absolute atomic E-state index is 12.6. The topological polar surface area (TPSA) is 52.7 Å². The first-order valence-electron chi connectivity index (χ1n) is 8.32. The van der Waals surface area contributed by atoms with E-state index in [1.807, 2.05) is 72.4 Å². The van der Waals surface area contributed by atoms with Crippen molar-refractivity contribution in [3.8, 4) is 5.69 Å². The third kappa shape index (κ3) is 3.15. The highest BCUT2D eigenvalue weighted by molar-refractivity contribution is 7.98. The number of benzene rings is 2. The predicted octanol–water partition coefficient (Wildman–Crippen LogP) is 3.72. The molecule has 2 aromatic carbocycles. The third-order valence-electron chi connectivity index (χ3n) is 4.20. The van der Waals surface area contributed by atoms with Crippen molar-refractivity contribution in [3.05, 3.63) is 82.4 Å². The smallest absolute Gasteiger partial charge is 0.261 e. The fourth-order valence-electron chi connectivity index (χ4n) is 2.80. The molecule has 4 aromatic rings. The lowest BCUT2D eigenvalue weighted by atomic mass is 10.2. The van der Waals surface area contributed by atoms with E-state index in [2.05, 4.69) is 10.1 Å². The number of hydrogen-bond donors (Lipinski definition) is 0. The summed E-state index contributed by atoms with van der Waals surface area (Å²) in [5.41, 5.74) is 3.74. The number of fused-ring (bicyclic) bond motifs is 1. The van der Waals surface area contributed by atoms with Gasteiger partial charge in [0.05, 0.1) is 22.3 Å². The number of rotatable bonds is 4. The van der Waals surface area contributed by atoms with Crippen molar-refractivity contribution in [1.29, 1.82) is 0 Å². The average Bonchev–Trinajstić information content (AvgIpc) is 3.14. The Morgan fingerprint density at radius 2 is 1.88 bits per heavy atom. The van der Waals surface area contributed by atoms with Crippen LogP contribution in [0.4, 0.5) is 0 Å². The molecule has 4 rings (SSSR count). The van der Waals surface area contributed by atoms with Gasteiger partial charge in [-0.15, -0.1) is 0 Å². The van der Waals surface area contributed by atoms with Crippen molar-refractivity contribution in [2.75, 3.05) is 0 Å². The van der Waals surface area contributed by atoms with Gasteiger partial charge >= 0.3 is 0 Å². The van der Waals surface area contributed by atoms with E-state index in [1.165, 1.54) is 11.8 Å². The van der Waals surface area contributed by atoms with Crippen LogP contribution in [0, 0.1) is 6.92 Å². The highest BCUT2D eigenvalue weighted by Gasteiger charge is 2.10. The number of hydrogen-bond acceptors (Lipinski definition) is 4. The Morgan fingerprint density at radius 3 is 2.69 bits per heavy atom. The lowest BCUT2D eigenvalue weighted by Crippen LogP contribution is -2.20. The van der Waals surface area contributed by atoms with Gasteiger partial charge < -0.3 is 0 Å². The molecular weight excluding hydrogens is 344 g/mol. The molecular formula is C20H18N4OS. The number of para-hydroxylation sites is 1. The summed E-state index contributed by atoms with van der Waals surface area (Å²) in [5.74, 6) is 0.650. The highest BCUT2D eigenvalue weighted by Crippen LogP contribution is 2.21. The summed E-state index contributed by atoms with van der Waals surface area (Å²) in [6, 6.07) is 17.7. The second kappa shape index (κ2) is 6.80. The van der Waals surface area contributed by atoms with E-state index in [0.29, 0.717) is 16.3 Å². The van der Waals surface area contributed by atoms with Crippen LogP contribution in [-0.4, -0.2) is 19.3 Å². The number of thioether (sulfide) groups is 1. The number of aromatic nitrogens is 4. The Kier molecular flexibility index (Phi) is 4.34. The summed E-state index contributed by atoms with van der Waals surface area (Å²) >= 11 is 1.52. The van der Waals surface area contributed by atoms with Crippen LogP contribution in [0.15, 0.2) is 70.7 Å². The minimum absolute atomic E-state index is 0.0176. The fraction of sp³-hybridized carbons (Fsp3) is 0.150. The van der Waals surface area contributed by atoms with E-state index in [1.54, 1.807) is 11.6 Å². The molecule has 0 saturated carbocycles. The SMILES string of the molecule is Cc1ccc2nc(SCc3ccn(-c4ccccc4)n3)n(C)c(=O)c2c1. The lowest BCUT2D eigenvalue weighted by molar-refractivity contribution is 0.725. The third-order valence-corrected chi connectivity index (χ3v) is 5.27. The molecule has 0 saturated heterocycles. The molecule has 0 atom stereocenters. The summed E-state index contributed by atoms with van der Waals surface area (Å²) in [5, 5.41) is 5.95. The van der Waals surface area contributed by atoms with Gasteiger partial charge in [-0.25, -0.2) is 9.67 Å². The second-order valence-electron chi connectivity index (χ2n) is 6.16. The molecule has 0 aliphatic heterocycles. The largest absolute Gasteiger partial charge is 0.290 e. The van der Waals surface area contributed by atoms with E-state index < -0.39 is 0 Å². The molecule has 0 bridgehead atoms. The molecule has 2 aromatic heterocycles. The van der Waals surface area contributed by atoms with Crippen LogP contribution in [0.2, 0.25) is 0 Å². The lowest BCUT2D eigenvalue weighted by Gasteiger charge is -2.08. The predicted molar refractivity (Wildman–Crippen MR) is 105 cm³/mol. The van der Waals surface area contributed by atoms with Crippen molar-refractivity contribution in [2.24, 2.45) is 7.05 Å². The van der Waals surface area contributed by atoms with Gasteiger partial charge in [0.25, 0.3) is 5.56 Å². The van der Waals surface area contributed by atoms with E-state index >= 15 is 0 Å². The van der Waals surface area contributed by atoms with Crippen LogP contribution >= 0.6 is 11.8 Å². The van der Waals surface area contributed by atoms with Gasteiger partial charge in [0.15, 0.2) is 5.16 Å². The molecule has 0 N–H and O–H groups in total. The quantitative estimate of drug-likeness (QED) is 0.410. The summed E-state index contributed by atoms with van der Waals surface area (Å²) in [7, 11) is 1.77. The Labute approximate surface area is 155 Å². The monoisotopic (exact) mass is 362 g/mol. The Morgan fingerprint density at radius 1 is 1.08 bits per heavy atom. The number of nitrogens with zero attached hydrogens (tertiary/aromatic N) is 4. The Balaban J connectivity index is 1.59. The van der Waals surface area contributed by atoms with Crippen molar-refractivity contribution >= 4 is 22.7 Å². The molecule has 0 amide bonds. The molecule has 0 spiro atoms. The van der Waals surface area contributed by atoms with Gasteiger partial charge in [-0.1, -0.05) is 41.6 Å². The molecule has 0 aliphatic carbocycles. The standard InChI is InChI=1S/C20H18N4OS/c1-14-8-9-18-17(12-14)19(25)23(2)20(21-18)26-13-15-10-11-24(22-15)16-6-4-3-5-7-16/h3-12H,13H2,1-2H3. The van der Waals surface area contributed by atoms with Crippen molar-refractivity contribution in [3.63, 3.8) is 0 Å². The zero-order chi connectivity index (χ0) is 18.1. The van der Waals surface area contributed by atoms with Gasteiger partial charge in [0, 0.05) is 19.0 Å². The normalized spacial score (nSPS) is 11.2. The molecule has 6 heteroatoms. The molecule has 2 heterocycles. The van der Waals surface area contributed by atoms with Crippen LogP contribution in [0.3, 0.4) is 0 Å². The molecule has 26 heavy (non-hydrogen) atoms. The van der Waals surface area contributed by atoms with Gasteiger partial charge in [0.2, 0.25) is 0 Å². The molecule has 0 radical (unpaired) electrons. The van der Waals surface area contributed by atoms with E-state index in [9.17, 15) is 4.79 Å². The van der Waals surface area contributed by atoms with Crippen LogP contribution in [-0.2, 0) is 12.8 Å². The fourth-order valence-corrected chi connectivity index (χ4v) is 3.67. The summed E-state index contributed by atoms with van der Waals surface area (Å²) in [6.45, 7) is 1.98. The first-order valence-corrected chi connectivity index (χ1v) is 9.30. The van der Waals surface area contributed by atoms with Gasteiger partial charge in [-0.2, -0.15) is 5.10 Å². The van der Waals surface area contributed by atoms with E-state index in [-0.39, 0.29) is 5.56 Å². The van der Waals surface area contributed by atoms with Crippen LogP contribution in [0.25, 0.3) is 16.6 Å². The Hall–Kier alpha value is -2.86. The van der Waals surface area contributed by atoms with Crippen LogP contribution in [0.5, 0.6) is 0 Å². The van der Waals surface area contributed by atoms with Gasteiger partial charge in [-0.3, -0.25) is 9.36 Å². The molecule has 130 valence electrons. The first kappa shape index (κ1) is 16.6. The van der Waals surface area contributed by atoms with E-state index in [0.717, 1.165) is 22.5 Å². The van der Waals surface area contributed by atoms with Crippen molar-refractivity contribution in [2.45, 2.75) is 17.8 Å². The minimum atomic E-state index is -0.0176. The molecule has 5 nitrogen and oxygen atoms in total. The summed E-state index contributed by atoms with van der Waals surface area (Å²) in [6.07, 6.45) is 1.95. The highest BCUT2D eigenvalue weighted by atomic mass is 32.2. The molecule has 0 fully saturated rings. The number of aryl methyl sites for hydroxylation is 1. The maximum Gasteiger partial charge on any atom is 0.261 e. The zero-order valence-corrected chi connectivity index (χ0v) is 15.4. The molecule has 0 aliphatic rings. The van der Waals surface area contributed by atoms with E-state index in [4.69, 9.17) is 0 Å². The van der Waals surface area contributed by atoms with Crippen molar-refractivity contribution in [1.82, 2.24) is 19.3 Å². The minimum Gasteiger partial charge on any atom is -0.290 e. The first-order chi connectivity index (χ1) is 12.6. The average molecular weight is 362 g/mol. The van der Waals surface area contributed by atoms with Gasteiger partial charge in [-0.05, 0) is 37.3 Å². The van der Waals surface area contributed by atoms with Crippen molar-refractivity contribution < 1.29 is 0 Å². The second-order valence-corrected chi connectivity index (χ2v) is 7.10. The van der Waals surface area contributed by atoms with Crippen LogP contribution in [0.1, 0.15) is 11.3 Å². The molecule has 0 unspecified atom stereocenters. The van der Waals surface area contributed by atoms with Crippen LogP contribution < -0.4 is 5.56 Å². The summed E-state index contributed by atoms with van der Waals surface area (Å²) < 4.78 is 3.46. The Bertz CT molecular complexity index is 1130. The van der Waals surface area contributed by atoms with Gasteiger partial charge in [0.1, 0.15) is 0 Å². The zero-order valence-electron chi connectivity index (χ0n) is 14.6.